The minimum Gasteiger partial charge on any atom is -0.465 e. The molecule has 0 saturated carbocycles. The Balaban J connectivity index is 1.60. The molecule has 16 heteroatoms. The molecule has 1 unspecified atom stereocenters. The molecule has 0 fully saturated rings. The number of carbonyl (C=O) groups excluding carboxylic acids is 1. The van der Waals surface area contributed by atoms with Crippen molar-refractivity contribution in [1.82, 2.24) is 40.6 Å². The van der Waals surface area contributed by atoms with Crippen molar-refractivity contribution in [3.05, 3.63) is 71.0 Å². The summed E-state index contributed by atoms with van der Waals surface area (Å²) in [4.78, 5) is 32.3. The van der Waals surface area contributed by atoms with Gasteiger partial charge in [0.05, 0.1) is 23.9 Å². The molecule has 1 aliphatic heterocycles. The number of nitrogens with one attached hydrogen (secondary N) is 2. The number of alkyl halides is 2. The summed E-state index contributed by atoms with van der Waals surface area (Å²) in [7, 11) is 0. The Morgan fingerprint density at radius 3 is 2.45 bits per heavy atom. The van der Waals surface area contributed by atoms with Gasteiger partial charge in [-0.25, -0.2) is 14.5 Å². The average molecular weight is 628 g/mol. The van der Waals surface area contributed by atoms with Crippen molar-refractivity contribution in [3.8, 4) is 22.5 Å². The van der Waals surface area contributed by atoms with Gasteiger partial charge in [0.15, 0.2) is 5.54 Å². The third-order valence-electron chi connectivity index (χ3n) is 7.05. The van der Waals surface area contributed by atoms with Crippen LogP contribution in [0.2, 0.25) is 5.02 Å². The van der Waals surface area contributed by atoms with Crippen molar-refractivity contribution < 1.29 is 28.6 Å². The maximum Gasteiger partial charge on any atom is 0.411 e. The number of H-pyrrole nitrogens is 1. The number of carbonyl (C=O) groups is 2. The summed E-state index contributed by atoms with van der Waals surface area (Å²) in [6.45, 7) is 2.35. The molecule has 2 atom stereocenters. The molecule has 2 aromatic heterocycles. The molecule has 5 rings (SSSR count). The van der Waals surface area contributed by atoms with Gasteiger partial charge >= 0.3 is 12.6 Å². The molecular formula is C28H28ClF2N9O4. The number of hydrogen-bond donors (Lipinski definition) is 4. The predicted octanol–water partition coefficient (Wildman–Crippen LogP) is 4.61. The number of amides is 2. The number of guanidine groups is 1. The Labute approximate surface area is 254 Å². The fourth-order valence-corrected chi connectivity index (χ4v) is 5.49. The Morgan fingerprint density at radius 2 is 1.89 bits per heavy atom. The number of rotatable bonds is 8. The summed E-state index contributed by atoms with van der Waals surface area (Å²) in [5, 5.41) is 40.3. The molecule has 4 aromatic rings. The van der Waals surface area contributed by atoms with Gasteiger partial charge in [-0.3, -0.25) is 15.0 Å². The van der Waals surface area contributed by atoms with Gasteiger partial charge in [-0.05, 0) is 45.9 Å². The van der Waals surface area contributed by atoms with Crippen molar-refractivity contribution >= 4 is 29.6 Å². The Bertz CT molecular complexity index is 1700. The van der Waals surface area contributed by atoms with E-state index in [2.05, 4.69) is 31.0 Å². The Morgan fingerprint density at radius 1 is 1.16 bits per heavy atom. The first-order valence-corrected chi connectivity index (χ1v) is 13.7. The van der Waals surface area contributed by atoms with Crippen molar-refractivity contribution in [2.24, 2.45) is 10.4 Å². The molecule has 0 spiro atoms. The monoisotopic (exact) mass is 627 g/mol. The van der Waals surface area contributed by atoms with Crippen LogP contribution in [-0.2, 0) is 10.3 Å². The van der Waals surface area contributed by atoms with Crippen LogP contribution >= 0.6 is 11.6 Å². The molecule has 0 aliphatic carbocycles. The topological polar surface area (TPSA) is 175 Å². The first kappa shape index (κ1) is 30.7. The third-order valence-corrected chi connectivity index (χ3v) is 7.38. The number of aromatic nitrogens is 6. The molecule has 0 bridgehead atoms. The van der Waals surface area contributed by atoms with Gasteiger partial charge in [0.25, 0.3) is 5.91 Å². The van der Waals surface area contributed by atoms with Crippen LogP contribution in [0.5, 0.6) is 0 Å². The first-order valence-electron chi connectivity index (χ1n) is 13.3. The van der Waals surface area contributed by atoms with E-state index in [9.17, 15) is 28.6 Å². The summed E-state index contributed by atoms with van der Waals surface area (Å²) in [5.41, 5.74) is 0.153. The zero-order valence-corrected chi connectivity index (χ0v) is 24.5. The summed E-state index contributed by atoms with van der Waals surface area (Å²) in [5.74, 6) is -0.672. The van der Waals surface area contributed by atoms with Gasteiger partial charge < -0.3 is 10.2 Å². The zero-order chi connectivity index (χ0) is 31.8. The summed E-state index contributed by atoms with van der Waals surface area (Å²) in [6, 6.07) is 10.2. The molecule has 13 nitrogen and oxygen atoms in total. The normalized spacial score (nSPS) is 17.7. The van der Waals surface area contributed by atoms with Gasteiger partial charge in [-0.1, -0.05) is 62.7 Å². The van der Waals surface area contributed by atoms with Gasteiger partial charge in [0.1, 0.15) is 0 Å². The minimum atomic E-state index is -2.79. The summed E-state index contributed by atoms with van der Waals surface area (Å²) >= 11 is 6.37. The lowest BCUT2D eigenvalue weighted by Gasteiger charge is -2.34. The molecule has 44 heavy (non-hydrogen) atoms. The van der Waals surface area contributed by atoms with E-state index in [1.165, 1.54) is 12.4 Å². The van der Waals surface area contributed by atoms with Crippen LogP contribution in [0.25, 0.3) is 22.5 Å². The molecule has 230 valence electrons. The van der Waals surface area contributed by atoms with Crippen LogP contribution in [0.4, 0.5) is 13.6 Å². The second-order valence-electron chi connectivity index (χ2n) is 11.4. The van der Waals surface area contributed by atoms with Gasteiger partial charge in [-0.2, -0.15) is 19.1 Å². The van der Waals surface area contributed by atoms with E-state index in [-0.39, 0.29) is 18.2 Å². The molecule has 0 radical (unpaired) electrons. The Kier molecular flexibility index (Phi) is 8.18. The number of aliphatic hydroxyl groups is 1. The lowest BCUT2D eigenvalue weighted by molar-refractivity contribution is -0.135. The molecule has 0 saturated heterocycles. The zero-order valence-electron chi connectivity index (χ0n) is 23.7. The van der Waals surface area contributed by atoms with Gasteiger partial charge in [-0.15, -0.1) is 10.2 Å². The largest absolute Gasteiger partial charge is 0.465 e. The maximum atomic E-state index is 14.6. The fourth-order valence-electron chi connectivity index (χ4n) is 5.29. The molecule has 2 amide bonds. The fraction of sp³-hybridized carbons (Fsp3) is 0.321. The van der Waals surface area contributed by atoms with E-state index in [0.29, 0.717) is 37.5 Å². The van der Waals surface area contributed by atoms with Crippen LogP contribution in [0, 0.1) is 5.41 Å². The highest BCUT2D eigenvalue weighted by Crippen LogP contribution is 2.45. The lowest BCUT2D eigenvalue weighted by Crippen LogP contribution is -2.49. The van der Waals surface area contributed by atoms with Crippen LogP contribution in [0.3, 0.4) is 0 Å². The standard InChI is InChI=1S/C28H28ClF2N9O4/c1-27(2,3)14-28(18-7-4-15(5-8-18)17-11-32-39(12-17)24(30)31)23(42)40(25(34-28)33-26(43)44)21(13-41)16-6-9-20(29)19(10-16)22-35-37-38-36-22/h4-12,21,24,41H,13-14H2,1-3H3,(H,33,34)(H,43,44)(H,35,36,37,38)/t21?,28-/m1/s1. The third kappa shape index (κ3) is 5.88. The minimum absolute atomic E-state index is 0.162. The highest BCUT2D eigenvalue weighted by atomic mass is 35.5. The number of halogens is 3. The number of hydrogen-bond acceptors (Lipinski definition) is 8. The van der Waals surface area contributed by atoms with Crippen molar-refractivity contribution in [1.29, 1.82) is 0 Å². The average Bonchev–Trinajstić information content (AvgIpc) is 3.72. The van der Waals surface area contributed by atoms with E-state index in [1.54, 1.807) is 42.5 Å². The van der Waals surface area contributed by atoms with Crippen molar-refractivity contribution in [2.75, 3.05) is 6.61 Å². The molecule has 1 aliphatic rings. The Hall–Kier alpha value is -4.76. The molecular weight excluding hydrogens is 600 g/mol. The number of aromatic amines is 1. The number of carboxylic acid groups (broad SMARTS) is 1. The number of nitrogens with zero attached hydrogens (tertiary/aromatic N) is 7. The van der Waals surface area contributed by atoms with Crippen LogP contribution in [0.15, 0.2) is 59.9 Å². The smallest absolute Gasteiger partial charge is 0.411 e. The predicted molar refractivity (Wildman–Crippen MR) is 155 cm³/mol. The second kappa shape index (κ2) is 11.7. The highest BCUT2D eigenvalue weighted by Gasteiger charge is 2.53. The molecule has 3 heterocycles. The maximum absolute atomic E-state index is 14.6. The van der Waals surface area contributed by atoms with Crippen molar-refractivity contribution in [2.45, 2.75) is 45.3 Å². The van der Waals surface area contributed by atoms with E-state index < -0.39 is 42.2 Å². The van der Waals surface area contributed by atoms with Crippen LogP contribution in [-0.4, -0.2) is 70.1 Å². The quantitative estimate of drug-likeness (QED) is 0.219. The molecule has 2 aromatic carbocycles. The van der Waals surface area contributed by atoms with E-state index in [0.717, 1.165) is 4.90 Å². The number of aliphatic imine (C=N–C) groups is 1. The SMILES string of the molecule is CC(C)(C)C[C@]1(c2ccc(-c3cnn(C(F)F)c3)cc2)N=C(NC(=O)O)N(C(CO)c2ccc(Cl)c(-c3nn[nH]n3)c2)C1=O. The first-order chi connectivity index (χ1) is 20.8. The number of tetrazole rings is 1. The summed E-state index contributed by atoms with van der Waals surface area (Å²) in [6.07, 6.45) is 1.22. The van der Waals surface area contributed by atoms with Gasteiger partial charge in [0, 0.05) is 17.3 Å². The van der Waals surface area contributed by atoms with E-state index in [4.69, 9.17) is 16.6 Å². The van der Waals surface area contributed by atoms with E-state index in [1.807, 2.05) is 20.8 Å². The summed E-state index contributed by atoms with van der Waals surface area (Å²) < 4.78 is 26.7. The van der Waals surface area contributed by atoms with Crippen LogP contribution < -0.4 is 5.32 Å². The lowest BCUT2D eigenvalue weighted by atomic mass is 9.75. The number of aliphatic hydroxyl groups excluding tert-OH is 1. The highest BCUT2D eigenvalue weighted by molar-refractivity contribution is 6.33. The van der Waals surface area contributed by atoms with Crippen molar-refractivity contribution in [3.63, 3.8) is 0 Å². The molecule has 4 N–H and O–H groups in total. The van der Waals surface area contributed by atoms with Gasteiger partial charge in [0.2, 0.25) is 11.8 Å². The van der Waals surface area contributed by atoms with Crippen LogP contribution in [0.1, 0.15) is 50.9 Å². The van der Waals surface area contributed by atoms with E-state index >= 15 is 0 Å². The number of benzene rings is 2. The second-order valence-corrected chi connectivity index (χ2v) is 11.8.